The van der Waals surface area contributed by atoms with Gasteiger partial charge < -0.3 is 31.1 Å². The maximum atomic E-state index is 13.4. The Labute approximate surface area is 264 Å². The zero-order valence-corrected chi connectivity index (χ0v) is 27.7. The number of rotatable bonds is 10. The number of aliphatic hydroxyl groups excluding tert-OH is 1. The third-order valence-corrected chi connectivity index (χ3v) is 8.48. The second-order valence-electron chi connectivity index (χ2n) is 12.0. The van der Waals surface area contributed by atoms with Crippen LogP contribution in [0.3, 0.4) is 0 Å². The van der Waals surface area contributed by atoms with Crippen LogP contribution in [0.2, 0.25) is 0 Å². The minimum absolute atomic E-state index is 0.0135. The summed E-state index contributed by atoms with van der Waals surface area (Å²) < 4.78 is 5.00. The summed E-state index contributed by atoms with van der Waals surface area (Å²) in [6, 6.07) is 4.81. The Morgan fingerprint density at radius 3 is 2.38 bits per heavy atom. The lowest BCUT2D eigenvalue weighted by Crippen LogP contribution is -2.57. The molecule has 0 aliphatic carbocycles. The van der Waals surface area contributed by atoms with Gasteiger partial charge >= 0.3 is 5.97 Å². The first-order valence-electron chi connectivity index (χ1n) is 13.8. The van der Waals surface area contributed by atoms with E-state index in [0.29, 0.717) is 5.69 Å². The molecule has 0 spiro atoms. The smallest absolute Gasteiger partial charge is 0.323 e. The molecule has 3 rings (SSSR count). The van der Waals surface area contributed by atoms with E-state index < -0.39 is 41.5 Å². The van der Waals surface area contributed by atoms with E-state index in [-0.39, 0.29) is 41.4 Å². The molecular formula is C29H40IN5O6S. The monoisotopic (exact) mass is 713 g/mol. The lowest BCUT2D eigenvalue weighted by Gasteiger charge is -2.35. The normalized spacial score (nSPS) is 19.2. The number of halogens is 1. The van der Waals surface area contributed by atoms with Gasteiger partial charge in [0.25, 0.3) is 3.91 Å². The number of likely N-dealkylation sites (tertiary alicyclic amines) is 1. The molecule has 1 aliphatic rings. The summed E-state index contributed by atoms with van der Waals surface area (Å²) in [6.07, 6.45) is -0.733. The van der Waals surface area contributed by atoms with Gasteiger partial charge in [0.1, 0.15) is 24.7 Å². The van der Waals surface area contributed by atoms with E-state index in [0.717, 1.165) is 16.0 Å². The molecule has 1 aromatic carbocycles. The van der Waals surface area contributed by atoms with E-state index in [9.17, 15) is 24.3 Å². The molecule has 3 amide bonds. The van der Waals surface area contributed by atoms with Crippen LogP contribution in [0, 0.1) is 11.3 Å². The molecule has 5 N–H and O–H groups in total. The van der Waals surface area contributed by atoms with Gasteiger partial charge in [-0.1, -0.05) is 58.9 Å². The number of aliphatic hydroxyl groups is 1. The van der Waals surface area contributed by atoms with Gasteiger partial charge in [0, 0.05) is 35.6 Å². The number of aromatic nitrogens is 1. The molecule has 13 heteroatoms. The van der Waals surface area contributed by atoms with Crippen molar-refractivity contribution in [2.24, 2.45) is 17.1 Å². The van der Waals surface area contributed by atoms with Crippen molar-refractivity contribution in [3.8, 4) is 10.4 Å². The Balaban J connectivity index is 1.68. The second kappa shape index (κ2) is 14.2. The van der Waals surface area contributed by atoms with Gasteiger partial charge in [-0.05, 0) is 29.4 Å². The van der Waals surface area contributed by atoms with Crippen LogP contribution >= 0.6 is 33.9 Å². The van der Waals surface area contributed by atoms with Crippen LogP contribution in [-0.4, -0.2) is 67.5 Å². The number of nitrogens with one attached hydrogen (secondary N) is 2. The van der Waals surface area contributed by atoms with Gasteiger partial charge in [0.2, 0.25) is 11.8 Å². The topological polar surface area (TPSA) is 164 Å². The number of esters is 1. The summed E-state index contributed by atoms with van der Waals surface area (Å²) >= 11 is 3.01. The minimum atomic E-state index is -0.864. The summed E-state index contributed by atoms with van der Waals surface area (Å²) in [5.41, 5.74) is 9.34. The van der Waals surface area contributed by atoms with Gasteiger partial charge in [0.05, 0.1) is 28.2 Å². The van der Waals surface area contributed by atoms with Crippen LogP contribution in [0.1, 0.15) is 65.3 Å². The fourth-order valence-corrected chi connectivity index (χ4v) is 5.78. The Morgan fingerprint density at radius 1 is 1.17 bits per heavy atom. The molecule has 4 unspecified atom stereocenters. The molecule has 2 heterocycles. The highest BCUT2D eigenvalue weighted by Crippen LogP contribution is 2.30. The van der Waals surface area contributed by atoms with Gasteiger partial charge in [-0.2, -0.15) is 0 Å². The molecule has 1 aliphatic heterocycles. The highest BCUT2D eigenvalue weighted by molar-refractivity contribution is 14.1. The van der Waals surface area contributed by atoms with E-state index in [1.807, 2.05) is 65.8 Å². The molecular weight excluding hydrogens is 673 g/mol. The van der Waals surface area contributed by atoms with E-state index in [4.69, 9.17) is 10.5 Å². The first-order chi connectivity index (χ1) is 19.6. The van der Waals surface area contributed by atoms with Crippen LogP contribution in [0.25, 0.3) is 10.4 Å². The van der Waals surface area contributed by atoms with E-state index >= 15 is 0 Å². The molecule has 0 radical (unpaired) electrons. The first kappa shape index (κ1) is 33.9. The number of thiazole rings is 1. The molecule has 5 atom stereocenters. The van der Waals surface area contributed by atoms with Crippen molar-refractivity contribution < 1.29 is 29.0 Å². The van der Waals surface area contributed by atoms with Crippen molar-refractivity contribution in [3.63, 3.8) is 0 Å². The van der Waals surface area contributed by atoms with Gasteiger partial charge in [-0.25, -0.2) is 4.98 Å². The molecule has 1 fully saturated rings. The van der Waals surface area contributed by atoms with E-state index in [1.165, 1.54) is 16.2 Å². The third-order valence-electron chi connectivity index (χ3n) is 7.25. The minimum Gasteiger partial charge on any atom is -0.458 e. The third kappa shape index (κ3) is 8.48. The maximum absolute atomic E-state index is 13.4. The SMILES string of the molecule is CC(NC(=O)C1CC(O)CN1C(=O)C(NC(=O)I)C(C)(C)C)c1ccc(-c2scnc2COC(=O)[C@@H](N)C(C)C)cc1. The number of amides is 3. The molecule has 0 saturated carbocycles. The molecule has 2 aromatic rings. The van der Waals surface area contributed by atoms with E-state index in [1.54, 1.807) is 28.1 Å². The lowest BCUT2D eigenvalue weighted by molar-refractivity contribution is -0.147. The average Bonchev–Trinajstić information content (AvgIpc) is 3.55. The van der Waals surface area contributed by atoms with Crippen molar-refractivity contribution in [2.45, 2.75) is 84.8 Å². The molecule has 42 heavy (non-hydrogen) atoms. The maximum Gasteiger partial charge on any atom is 0.323 e. The van der Waals surface area contributed by atoms with Crippen LogP contribution in [0.15, 0.2) is 29.8 Å². The van der Waals surface area contributed by atoms with Gasteiger partial charge in [-0.15, -0.1) is 11.3 Å². The fraction of sp³-hybridized carbons (Fsp3) is 0.552. The molecule has 11 nitrogen and oxygen atoms in total. The Morgan fingerprint density at radius 2 is 1.81 bits per heavy atom. The number of benzene rings is 1. The van der Waals surface area contributed by atoms with Crippen LogP contribution < -0.4 is 16.4 Å². The molecule has 1 saturated heterocycles. The van der Waals surface area contributed by atoms with Crippen LogP contribution in [0.5, 0.6) is 0 Å². The van der Waals surface area contributed by atoms with Crippen molar-refractivity contribution in [3.05, 3.63) is 41.0 Å². The summed E-state index contributed by atoms with van der Waals surface area (Å²) in [5, 5.41) is 16.0. The van der Waals surface area contributed by atoms with Gasteiger partial charge in [0.15, 0.2) is 0 Å². The summed E-state index contributed by atoms with van der Waals surface area (Å²) in [5.74, 6) is -1.29. The zero-order chi connectivity index (χ0) is 31.4. The lowest BCUT2D eigenvalue weighted by atomic mass is 9.85. The number of β-amino-alcohol motifs (C(OH)–C–C–N with tert-alkyl or cyclic N) is 1. The summed E-state index contributed by atoms with van der Waals surface area (Å²) in [6.45, 7) is 11.1. The van der Waals surface area contributed by atoms with E-state index in [2.05, 4.69) is 15.6 Å². The first-order valence-corrected chi connectivity index (χ1v) is 15.8. The van der Waals surface area contributed by atoms with Crippen molar-refractivity contribution in [2.75, 3.05) is 6.54 Å². The number of carbonyl (C=O) groups excluding carboxylic acids is 4. The van der Waals surface area contributed by atoms with Gasteiger partial charge in [-0.3, -0.25) is 19.2 Å². The predicted octanol–water partition coefficient (Wildman–Crippen LogP) is 3.53. The highest BCUT2D eigenvalue weighted by atomic mass is 127. The van der Waals surface area contributed by atoms with Crippen molar-refractivity contribution in [1.29, 1.82) is 0 Å². The molecule has 1 aromatic heterocycles. The van der Waals surface area contributed by atoms with Crippen molar-refractivity contribution >= 4 is 55.6 Å². The number of hydrogen-bond donors (Lipinski definition) is 4. The zero-order valence-electron chi connectivity index (χ0n) is 24.7. The standard InChI is InChI=1S/C29H40IN5O6S/c1-15(2)22(31)27(39)41-13-20-23(42-14-32-20)18-9-7-17(8-10-18)16(3)33-25(37)21-11-19(36)12-35(21)26(38)24(29(4,5)6)34-28(30)40/h7-10,14-16,19,21-22,24,36H,11-13,31H2,1-6H3,(H,33,37)(H,34,40)/t16?,19?,21?,22-,24?/m0/s1. The Bertz CT molecular complexity index is 1280. The number of ether oxygens (including phenoxy) is 1. The summed E-state index contributed by atoms with van der Waals surface area (Å²) in [7, 11) is 0. The quantitative estimate of drug-likeness (QED) is 0.126. The van der Waals surface area contributed by atoms with Crippen molar-refractivity contribution in [1.82, 2.24) is 20.5 Å². The fourth-order valence-electron chi connectivity index (χ4n) is 4.66. The Kier molecular flexibility index (Phi) is 11.5. The number of carbonyl (C=O) groups is 4. The molecule has 230 valence electrons. The van der Waals surface area contributed by atoms with Crippen LogP contribution in [-0.2, 0) is 25.7 Å². The number of nitrogens with zero attached hydrogens (tertiary/aromatic N) is 2. The summed E-state index contributed by atoms with van der Waals surface area (Å²) in [4.78, 5) is 57.3. The highest BCUT2D eigenvalue weighted by Gasteiger charge is 2.44. The predicted molar refractivity (Wildman–Crippen MR) is 169 cm³/mol. The number of hydrogen-bond acceptors (Lipinski definition) is 9. The second-order valence-corrected chi connectivity index (χ2v) is 13.8. The Hall–Kier alpha value is -2.62. The average molecular weight is 714 g/mol. The number of nitrogens with two attached hydrogens (primary N) is 1. The van der Waals surface area contributed by atoms with Crippen LogP contribution in [0.4, 0.5) is 4.79 Å². The largest absolute Gasteiger partial charge is 0.458 e. The molecule has 0 bridgehead atoms.